The molecule has 0 bridgehead atoms. The Hall–Kier alpha value is -3.69. The summed E-state index contributed by atoms with van der Waals surface area (Å²) in [6.07, 6.45) is 1.72. The molecule has 1 atom stereocenters. The van der Waals surface area contributed by atoms with Gasteiger partial charge in [-0.05, 0) is 48.7 Å². The molecule has 3 aromatic carbocycles. The Labute approximate surface area is 206 Å². The van der Waals surface area contributed by atoms with Gasteiger partial charge in [-0.1, -0.05) is 36.0 Å². The number of ether oxygens (including phenoxy) is 2. The van der Waals surface area contributed by atoms with Crippen molar-refractivity contribution in [2.45, 2.75) is 35.3 Å². The van der Waals surface area contributed by atoms with Gasteiger partial charge < -0.3 is 14.4 Å². The highest BCUT2D eigenvalue weighted by Gasteiger charge is 2.29. The Morgan fingerprint density at radius 1 is 1.11 bits per heavy atom. The highest BCUT2D eigenvalue weighted by Crippen LogP contribution is 2.42. The first kappa shape index (κ1) is 23.1. The number of benzene rings is 3. The van der Waals surface area contributed by atoms with Crippen molar-refractivity contribution in [3.05, 3.63) is 93.5 Å². The van der Waals surface area contributed by atoms with Crippen molar-refractivity contribution >= 4 is 35.0 Å². The van der Waals surface area contributed by atoms with E-state index in [0.29, 0.717) is 29.0 Å². The first-order chi connectivity index (χ1) is 17.0. The van der Waals surface area contributed by atoms with Crippen LogP contribution in [0.4, 0.5) is 11.4 Å². The van der Waals surface area contributed by atoms with Gasteiger partial charge in [0, 0.05) is 28.5 Å². The van der Waals surface area contributed by atoms with E-state index in [9.17, 15) is 19.7 Å². The fourth-order valence-electron chi connectivity index (χ4n) is 4.18. The summed E-state index contributed by atoms with van der Waals surface area (Å²) >= 11 is 1.44. The lowest BCUT2D eigenvalue weighted by Crippen LogP contribution is -2.30. The zero-order chi connectivity index (χ0) is 24.4. The van der Waals surface area contributed by atoms with Crippen LogP contribution in [-0.4, -0.2) is 36.1 Å². The minimum absolute atomic E-state index is 0.0498. The number of nitro groups is 1. The summed E-state index contributed by atoms with van der Waals surface area (Å²) in [7, 11) is 0. The summed E-state index contributed by atoms with van der Waals surface area (Å²) in [4.78, 5) is 40.4. The van der Waals surface area contributed by atoms with Gasteiger partial charge in [0.05, 0.1) is 34.4 Å². The first-order valence-electron chi connectivity index (χ1n) is 11.2. The van der Waals surface area contributed by atoms with E-state index in [2.05, 4.69) is 0 Å². The third-order valence-electron chi connectivity index (χ3n) is 5.95. The van der Waals surface area contributed by atoms with Gasteiger partial charge in [0.15, 0.2) is 0 Å². The molecule has 3 aromatic rings. The van der Waals surface area contributed by atoms with Gasteiger partial charge in [0.2, 0.25) is 0 Å². The lowest BCUT2D eigenvalue weighted by Gasteiger charge is -2.23. The molecule has 1 saturated heterocycles. The maximum atomic E-state index is 13.6. The molecule has 0 spiro atoms. The summed E-state index contributed by atoms with van der Waals surface area (Å²) in [6, 6.07) is 18.6. The summed E-state index contributed by atoms with van der Waals surface area (Å²) in [5.41, 5.74) is 1.96. The Bertz CT molecular complexity index is 1300. The van der Waals surface area contributed by atoms with Gasteiger partial charge in [-0.15, -0.1) is 0 Å². The second-order valence-electron chi connectivity index (χ2n) is 8.33. The average Bonchev–Trinajstić information content (AvgIpc) is 3.36. The molecule has 0 unspecified atom stereocenters. The van der Waals surface area contributed by atoms with Gasteiger partial charge in [-0.2, -0.15) is 0 Å². The van der Waals surface area contributed by atoms with Crippen LogP contribution in [0.25, 0.3) is 0 Å². The van der Waals surface area contributed by atoms with E-state index in [1.807, 2.05) is 12.1 Å². The fourth-order valence-corrected chi connectivity index (χ4v) is 5.24. The van der Waals surface area contributed by atoms with Crippen molar-refractivity contribution < 1.29 is 24.0 Å². The zero-order valence-corrected chi connectivity index (χ0v) is 19.5. The number of carbonyl (C=O) groups is 2. The van der Waals surface area contributed by atoms with E-state index in [1.54, 1.807) is 47.4 Å². The van der Waals surface area contributed by atoms with Crippen molar-refractivity contribution in [2.75, 3.05) is 18.1 Å². The van der Waals surface area contributed by atoms with Gasteiger partial charge in [0.25, 0.3) is 11.6 Å². The van der Waals surface area contributed by atoms with Crippen LogP contribution in [0.2, 0.25) is 0 Å². The SMILES string of the molecule is O=C(OC[C@@H]1CCCO1)c1ccc2c(c1)N(Cc1cccc([N+](=O)[O-])c1)C(=O)c1ccccc1S2. The predicted molar refractivity (Wildman–Crippen MR) is 130 cm³/mol. The quantitative estimate of drug-likeness (QED) is 0.265. The lowest BCUT2D eigenvalue weighted by atomic mass is 10.1. The van der Waals surface area contributed by atoms with Crippen LogP contribution in [0, 0.1) is 10.1 Å². The summed E-state index contributed by atoms with van der Waals surface area (Å²) in [5, 5.41) is 11.3. The topological polar surface area (TPSA) is 99.0 Å². The van der Waals surface area contributed by atoms with Crippen molar-refractivity contribution in [2.24, 2.45) is 0 Å². The third kappa shape index (κ3) is 4.91. The molecule has 8 nitrogen and oxygen atoms in total. The van der Waals surface area contributed by atoms with Crippen LogP contribution in [-0.2, 0) is 16.0 Å². The number of anilines is 1. The molecule has 0 saturated carbocycles. The number of esters is 1. The monoisotopic (exact) mass is 490 g/mol. The van der Waals surface area contributed by atoms with E-state index in [1.165, 1.54) is 23.9 Å². The second-order valence-corrected chi connectivity index (χ2v) is 9.42. The van der Waals surface area contributed by atoms with Crippen LogP contribution in [0.15, 0.2) is 76.5 Å². The van der Waals surface area contributed by atoms with Crippen LogP contribution >= 0.6 is 11.8 Å². The number of hydrogen-bond acceptors (Lipinski definition) is 7. The molecule has 0 aromatic heterocycles. The van der Waals surface area contributed by atoms with E-state index < -0.39 is 10.9 Å². The summed E-state index contributed by atoms with van der Waals surface area (Å²) < 4.78 is 11.0. The number of hydrogen-bond donors (Lipinski definition) is 0. The molecule has 9 heteroatoms. The zero-order valence-electron chi connectivity index (χ0n) is 18.7. The van der Waals surface area contributed by atoms with Crippen molar-refractivity contribution in [3.63, 3.8) is 0 Å². The van der Waals surface area contributed by atoms with E-state index in [-0.39, 0.29) is 30.9 Å². The number of non-ortho nitro benzene ring substituents is 1. The number of amides is 1. The standard InChI is InChI=1S/C26H22N2O6S/c29-25-21-8-1-2-9-23(21)35-24-11-10-18(26(30)34-16-20-7-4-12-33-20)14-22(24)27(25)15-17-5-3-6-19(13-17)28(31)32/h1-3,5-6,8-11,13-14,20H,4,7,12,15-16H2/t20-/m0/s1. The van der Waals surface area contributed by atoms with E-state index in [4.69, 9.17) is 9.47 Å². The van der Waals surface area contributed by atoms with Gasteiger partial charge in [-0.3, -0.25) is 14.9 Å². The summed E-state index contributed by atoms with van der Waals surface area (Å²) in [5.74, 6) is -0.735. The molecule has 2 aliphatic heterocycles. The smallest absolute Gasteiger partial charge is 0.338 e. The number of nitrogens with zero attached hydrogens (tertiary/aromatic N) is 2. The normalized spacial score (nSPS) is 16.9. The number of rotatable bonds is 6. The van der Waals surface area contributed by atoms with Crippen LogP contribution in [0.1, 0.15) is 39.1 Å². The highest BCUT2D eigenvalue weighted by molar-refractivity contribution is 7.99. The molecular weight excluding hydrogens is 468 g/mol. The summed E-state index contributed by atoms with van der Waals surface area (Å²) in [6.45, 7) is 0.969. The Morgan fingerprint density at radius 3 is 2.77 bits per heavy atom. The van der Waals surface area contributed by atoms with Crippen LogP contribution in [0.3, 0.4) is 0 Å². The number of nitro benzene ring substituents is 1. The predicted octanol–water partition coefficient (Wildman–Crippen LogP) is 5.24. The van der Waals surface area contributed by atoms with Crippen molar-refractivity contribution in [3.8, 4) is 0 Å². The van der Waals surface area contributed by atoms with E-state index >= 15 is 0 Å². The van der Waals surface area contributed by atoms with Crippen molar-refractivity contribution in [1.29, 1.82) is 0 Å². The molecular formula is C26H22N2O6S. The Kier molecular flexibility index (Phi) is 6.52. The molecule has 5 rings (SSSR count). The molecule has 0 aliphatic carbocycles. The molecule has 2 aliphatic rings. The average molecular weight is 491 g/mol. The molecule has 2 heterocycles. The van der Waals surface area contributed by atoms with E-state index in [0.717, 1.165) is 22.6 Å². The lowest BCUT2D eigenvalue weighted by molar-refractivity contribution is -0.384. The van der Waals surface area contributed by atoms with Gasteiger partial charge >= 0.3 is 5.97 Å². The number of fused-ring (bicyclic) bond motifs is 2. The number of carbonyl (C=O) groups excluding carboxylic acids is 2. The Balaban J connectivity index is 1.50. The molecule has 0 radical (unpaired) electrons. The fraction of sp³-hybridized carbons (Fsp3) is 0.231. The molecule has 178 valence electrons. The first-order valence-corrected chi connectivity index (χ1v) is 12.1. The van der Waals surface area contributed by atoms with Crippen molar-refractivity contribution in [1.82, 2.24) is 0 Å². The second kappa shape index (κ2) is 9.89. The molecule has 1 fully saturated rings. The molecule has 35 heavy (non-hydrogen) atoms. The third-order valence-corrected chi connectivity index (χ3v) is 7.10. The van der Waals surface area contributed by atoms with Crippen LogP contribution in [0.5, 0.6) is 0 Å². The minimum Gasteiger partial charge on any atom is -0.459 e. The van der Waals surface area contributed by atoms with Gasteiger partial charge in [0.1, 0.15) is 6.61 Å². The minimum atomic E-state index is -0.488. The van der Waals surface area contributed by atoms with Crippen LogP contribution < -0.4 is 4.90 Å². The maximum Gasteiger partial charge on any atom is 0.338 e. The largest absolute Gasteiger partial charge is 0.459 e. The molecule has 0 N–H and O–H groups in total. The highest BCUT2D eigenvalue weighted by atomic mass is 32.2. The molecule has 1 amide bonds. The Morgan fingerprint density at radius 2 is 1.97 bits per heavy atom. The maximum absolute atomic E-state index is 13.6. The van der Waals surface area contributed by atoms with Gasteiger partial charge in [-0.25, -0.2) is 4.79 Å².